The van der Waals surface area contributed by atoms with E-state index in [1.165, 1.54) is 11.1 Å². The Morgan fingerprint density at radius 2 is 2.11 bits per heavy atom. The van der Waals surface area contributed by atoms with Crippen LogP contribution in [0.1, 0.15) is 12.5 Å². The first-order chi connectivity index (χ1) is 9.19. The van der Waals surface area contributed by atoms with Gasteiger partial charge < -0.3 is 10.6 Å². The first-order valence-corrected chi connectivity index (χ1v) is 7.87. The Hall–Kier alpha value is -1.26. The molecule has 3 nitrogen and oxygen atoms in total. The number of anilines is 1. The number of nitrogens with two attached hydrogens (primary N) is 1. The van der Waals surface area contributed by atoms with Gasteiger partial charge in [0.05, 0.1) is 11.2 Å². The number of thioether (sulfide) groups is 1. The molecule has 0 saturated carbocycles. The second-order valence-electron chi connectivity index (χ2n) is 4.77. The van der Waals surface area contributed by atoms with Crippen LogP contribution in [0.3, 0.4) is 0 Å². The van der Waals surface area contributed by atoms with Crippen LogP contribution in [0, 0.1) is 0 Å². The summed E-state index contributed by atoms with van der Waals surface area (Å²) in [5, 5.41) is 1.18. The summed E-state index contributed by atoms with van der Waals surface area (Å²) >= 11 is 1.86. The van der Waals surface area contributed by atoms with Crippen molar-refractivity contribution in [2.75, 3.05) is 24.0 Å². The van der Waals surface area contributed by atoms with Crippen LogP contribution in [0.4, 0.5) is 5.69 Å². The summed E-state index contributed by atoms with van der Waals surface area (Å²) < 4.78 is 0. The molecular formula is C15H21N3S. The van der Waals surface area contributed by atoms with Crippen LogP contribution >= 0.6 is 11.8 Å². The van der Waals surface area contributed by atoms with Gasteiger partial charge in [0, 0.05) is 42.5 Å². The molecule has 0 saturated heterocycles. The van der Waals surface area contributed by atoms with E-state index >= 15 is 0 Å². The van der Waals surface area contributed by atoms with Crippen LogP contribution in [0.5, 0.6) is 0 Å². The van der Waals surface area contributed by atoms with E-state index in [1.807, 2.05) is 30.1 Å². The molecule has 2 N–H and O–H groups in total. The van der Waals surface area contributed by atoms with Crippen molar-refractivity contribution in [2.45, 2.75) is 19.5 Å². The normalized spacial score (nSPS) is 12.6. The summed E-state index contributed by atoms with van der Waals surface area (Å²) in [6.45, 7) is 2.76. The average Bonchev–Trinajstić information content (AvgIpc) is 2.45. The number of rotatable bonds is 5. The first-order valence-electron chi connectivity index (χ1n) is 6.47. The largest absolute Gasteiger partial charge is 0.370 e. The van der Waals surface area contributed by atoms with Crippen LogP contribution in [-0.2, 0) is 6.54 Å². The number of hydrogen-bond donors (Lipinski definition) is 1. The van der Waals surface area contributed by atoms with E-state index in [-0.39, 0.29) is 0 Å². The van der Waals surface area contributed by atoms with Gasteiger partial charge in [-0.05, 0) is 19.2 Å². The minimum atomic E-state index is 0.464. The molecule has 0 spiro atoms. The Morgan fingerprint density at radius 1 is 1.37 bits per heavy atom. The van der Waals surface area contributed by atoms with Gasteiger partial charge in [0.15, 0.2) is 0 Å². The quantitative estimate of drug-likeness (QED) is 0.911. The zero-order valence-corrected chi connectivity index (χ0v) is 12.6. The smallest absolute Gasteiger partial charge is 0.0723 e. The molecule has 0 radical (unpaired) electrons. The second-order valence-corrected chi connectivity index (χ2v) is 5.68. The molecule has 0 bridgehead atoms. The molecule has 1 aromatic heterocycles. The minimum Gasteiger partial charge on any atom is -0.370 e. The lowest BCUT2D eigenvalue weighted by Crippen LogP contribution is -2.32. The summed E-state index contributed by atoms with van der Waals surface area (Å²) in [6.07, 6.45) is 4.04. The van der Waals surface area contributed by atoms with E-state index in [1.54, 1.807) is 0 Å². The topological polar surface area (TPSA) is 42.1 Å². The Kier molecular flexibility index (Phi) is 4.66. The molecule has 1 unspecified atom stereocenters. The zero-order chi connectivity index (χ0) is 13.8. The lowest BCUT2D eigenvalue weighted by atomic mass is 10.1. The summed E-state index contributed by atoms with van der Waals surface area (Å²) in [4.78, 5) is 6.81. The van der Waals surface area contributed by atoms with E-state index in [0.29, 0.717) is 12.6 Å². The van der Waals surface area contributed by atoms with E-state index in [0.717, 1.165) is 16.8 Å². The molecule has 1 heterocycles. The molecule has 2 rings (SSSR count). The Bertz CT molecular complexity index is 556. The number of pyridine rings is 1. The zero-order valence-electron chi connectivity index (χ0n) is 11.8. The lowest BCUT2D eigenvalue weighted by molar-refractivity contribution is 0.762. The molecule has 0 aliphatic carbocycles. The van der Waals surface area contributed by atoms with E-state index < -0.39 is 0 Å². The molecule has 0 aliphatic heterocycles. The minimum absolute atomic E-state index is 0.464. The van der Waals surface area contributed by atoms with Gasteiger partial charge >= 0.3 is 0 Å². The fourth-order valence-electron chi connectivity index (χ4n) is 2.31. The van der Waals surface area contributed by atoms with Crippen molar-refractivity contribution in [2.24, 2.45) is 5.73 Å². The third-order valence-electron chi connectivity index (χ3n) is 3.46. The third-order valence-corrected chi connectivity index (χ3v) is 4.28. The van der Waals surface area contributed by atoms with E-state index in [2.05, 4.69) is 42.2 Å². The van der Waals surface area contributed by atoms with Crippen LogP contribution < -0.4 is 10.6 Å². The monoisotopic (exact) mass is 275 g/mol. The Balaban J connectivity index is 2.55. The molecule has 102 valence electrons. The predicted octanol–water partition coefficient (Wildman–Crippen LogP) is 2.88. The van der Waals surface area contributed by atoms with Crippen molar-refractivity contribution in [1.82, 2.24) is 4.98 Å². The van der Waals surface area contributed by atoms with Gasteiger partial charge in [-0.15, -0.1) is 0 Å². The molecule has 1 atom stereocenters. The standard InChI is InChI=1S/C15H21N3S/c1-11(10-19-3)18(2)15-12(8-16)9-17-14-7-5-4-6-13(14)15/h4-7,9,11H,8,10,16H2,1-3H3. The molecule has 4 heteroatoms. The van der Waals surface area contributed by atoms with Crippen molar-refractivity contribution in [3.05, 3.63) is 36.0 Å². The SMILES string of the molecule is CSCC(C)N(C)c1c(CN)cnc2ccccc12. The summed E-state index contributed by atoms with van der Waals surface area (Å²) in [5.74, 6) is 1.09. The van der Waals surface area contributed by atoms with Crippen LogP contribution in [0.2, 0.25) is 0 Å². The van der Waals surface area contributed by atoms with Crippen molar-refractivity contribution in [1.29, 1.82) is 0 Å². The van der Waals surface area contributed by atoms with E-state index in [9.17, 15) is 0 Å². The van der Waals surface area contributed by atoms with Gasteiger partial charge in [0.1, 0.15) is 0 Å². The van der Waals surface area contributed by atoms with Gasteiger partial charge in [0.2, 0.25) is 0 Å². The highest BCUT2D eigenvalue weighted by atomic mass is 32.2. The average molecular weight is 275 g/mol. The fraction of sp³-hybridized carbons (Fsp3) is 0.400. The second kappa shape index (κ2) is 6.26. The van der Waals surface area contributed by atoms with Crippen LogP contribution in [-0.4, -0.2) is 30.1 Å². The predicted molar refractivity (Wildman–Crippen MR) is 85.9 cm³/mol. The van der Waals surface area contributed by atoms with Crippen molar-refractivity contribution >= 4 is 28.4 Å². The van der Waals surface area contributed by atoms with E-state index in [4.69, 9.17) is 5.73 Å². The van der Waals surface area contributed by atoms with Crippen molar-refractivity contribution in [3.63, 3.8) is 0 Å². The number of benzene rings is 1. The van der Waals surface area contributed by atoms with Gasteiger partial charge in [-0.25, -0.2) is 0 Å². The van der Waals surface area contributed by atoms with Crippen LogP contribution in [0.25, 0.3) is 10.9 Å². The molecule has 2 aromatic rings. The van der Waals surface area contributed by atoms with Crippen molar-refractivity contribution < 1.29 is 0 Å². The van der Waals surface area contributed by atoms with Crippen LogP contribution in [0.15, 0.2) is 30.5 Å². The molecule has 0 amide bonds. The highest BCUT2D eigenvalue weighted by Gasteiger charge is 2.16. The number of para-hydroxylation sites is 1. The first kappa shape index (κ1) is 14.2. The lowest BCUT2D eigenvalue weighted by Gasteiger charge is -2.29. The van der Waals surface area contributed by atoms with Gasteiger partial charge in [0.25, 0.3) is 0 Å². The maximum absolute atomic E-state index is 5.88. The molecular weight excluding hydrogens is 254 g/mol. The van der Waals surface area contributed by atoms with Gasteiger partial charge in [-0.3, -0.25) is 4.98 Å². The molecule has 19 heavy (non-hydrogen) atoms. The summed E-state index contributed by atoms with van der Waals surface area (Å²) in [6, 6.07) is 8.71. The molecule has 0 fully saturated rings. The molecule has 1 aromatic carbocycles. The number of hydrogen-bond acceptors (Lipinski definition) is 4. The highest BCUT2D eigenvalue weighted by Crippen LogP contribution is 2.30. The van der Waals surface area contributed by atoms with Gasteiger partial charge in [-0.1, -0.05) is 18.2 Å². The van der Waals surface area contributed by atoms with Crippen molar-refractivity contribution in [3.8, 4) is 0 Å². The summed E-state index contributed by atoms with van der Waals surface area (Å²) in [5.41, 5.74) is 9.23. The number of nitrogens with zero attached hydrogens (tertiary/aromatic N) is 2. The van der Waals surface area contributed by atoms with Gasteiger partial charge in [-0.2, -0.15) is 11.8 Å². The highest BCUT2D eigenvalue weighted by molar-refractivity contribution is 7.98. The number of fused-ring (bicyclic) bond motifs is 1. The molecule has 0 aliphatic rings. The number of aromatic nitrogens is 1. The summed E-state index contributed by atoms with van der Waals surface area (Å²) in [7, 11) is 2.14. The fourth-order valence-corrected chi connectivity index (χ4v) is 3.01. The maximum atomic E-state index is 5.88. The third kappa shape index (κ3) is 2.85. The Labute approximate surface area is 119 Å². The Morgan fingerprint density at radius 3 is 2.79 bits per heavy atom. The maximum Gasteiger partial charge on any atom is 0.0723 e.